The minimum Gasteiger partial charge on any atom is -0.471 e. The number of carbonyl (C=O) groups excluding carboxylic acids is 1. The molecule has 0 N–H and O–H groups in total. The molecule has 6 heteroatoms. The standard InChI is InChI=1S/C22H28FN3O2/c1-22(2,3)28-21-19(24-10-11-25-21)15-26-12-8-16(9-13-26)20(27)14-17-6-4-5-7-18(17)23/h4-7,10-11,16H,8-9,12-15H2,1-3H3. The zero-order valence-corrected chi connectivity index (χ0v) is 16.8. The number of ether oxygens (including phenoxy) is 1. The number of carbonyl (C=O) groups is 1. The van der Waals surface area contributed by atoms with Crippen LogP contribution in [0.3, 0.4) is 0 Å². The van der Waals surface area contributed by atoms with Gasteiger partial charge in [0.2, 0.25) is 5.88 Å². The van der Waals surface area contributed by atoms with Crippen molar-refractivity contribution in [3.05, 3.63) is 53.7 Å². The molecule has 5 nitrogen and oxygen atoms in total. The van der Waals surface area contributed by atoms with E-state index in [1.54, 1.807) is 30.6 Å². The fourth-order valence-electron chi connectivity index (χ4n) is 3.44. The molecule has 1 aliphatic heterocycles. The van der Waals surface area contributed by atoms with Gasteiger partial charge >= 0.3 is 0 Å². The van der Waals surface area contributed by atoms with Crippen LogP contribution in [0, 0.1) is 11.7 Å². The predicted octanol–water partition coefficient (Wildman–Crippen LogP) is 3.82. The Bertz CT molecular complexity index is 811. The largest absolute Gasteiger partial charge is 0.471 e. The fraction of sp³-hybridized carbons (Fsp3) is 0.500. The Morgan fingerprint density at radius 3 is 2.54 bits per heavy atom. The van der Waals surface area contributed by atoms with E-state index in [4.69, 9.17) is 4.74 Å². The lowest BCUT2D eigenvalue weighted by Gasteiger charge is -2.31. The lowest BCUT2D eigenvalue weighted by Crippen LogP contribution is -2.37. The third-order valence-corrected chi connectivity index (χ3v) is 4.88. The minimum absolute atomic E-state index is 0.0111. The van der Waals surface area contributed by atoms with Crippen molar-refractivity contribution in [2.24, 2.45) is 5.92 Å². The van der Waals surface area contributed by atoms with Crippen LogP contribution in [0.2, 0.25) is 0 Å². The Balaban J connectivity index is 1.55. The van der Waals surface area contributed by atoms with Gasteiger partial charge in [-0.3, -0.25) is 14.7 Å². The number of hydrogen-bond acceptors (Lipinski definition) is 5. The van der Waals surface area contributed by atoms with Gasteiger partial charge in [-0.05, 0) is 58.3 Å². The summed E-state index contributed by atoms with van der Waals surface area (Å²) in [5, 5.41) is 0. The van der Waals surface area contributed by atoms with Gasteiger partial charge in [0.05, 0.1) is 0 Å². The lowest BCUT2D eigenvalue weighted by atomic mass is 9.89. The summed E-state index contributed by atoms with van der Waals surface area (Å²) in [5.41, 5.74) is 0.962. The van der Waals surface area contributed by atoms with Crippen molar-refractivity contribution >= 4 is 5.78 Å². The molecule has 0 amide bonds. The fourth-order valence-corrected chi connectivity index (χ4v) is 3.44. The average molecular weight is 385 g/mol. The van der Waals surface area contributed by atoms with E-state index in [9.17, 15) is 9.18 Å². The average Bonchev–Trinajstić information content (AvgIpc) is 2.64. The number of aromatic nitrogens is 2. The summed E-state index contributed by atoms with van der Waals surface area (Å²) < 4.78 is 19.7. The van der Waals surface area contributed by atoms with Crippen molar-refractivity contribution in [2.45, 2.75) is 52.2 Å². The zero-order chi connectivity index (χ0) is 20.1. The van der Waals surface area contributed by atoms with Crippen molar-refractivity contribution in [1.29, 1.82) is 0 Å². The second kappa shape index (κ2) is 8.78. The molecule has 28 heavy (non-hydrogen) atoms. The van der Waals surface area contributed by atoms with E-state index in [2.05, 4.69) is 14.9 Å². The number of rotatable bonds is 6. The summed E-state index contributed by atoms with van der Waals surface area (Å²) in [5.74, 6) is 0.374. The molecule has 3 rings (SSSR count). The molecule has 2 heterocycles. The van der Waals surface area contributed by atoms with Crippen LogP contribution in [0.1, 0.15) is 44.9 Å². The maximum absolute atomic E-state index is 13.8. The van der Waals surface area contributed by atoms with Crippen molar-refractivity contribution in [2.75, 3.05) is 13.1 Å². The first-order valence-electron chi connectivity index (χ1n) is 9.79. The van der Waals surface area contributed by atoms with Gasteiger partial charge in [-0.15, -0.1) is 0 Å². The second-order valence-electron chi connectivity index (χ2n) is 8.31. The first kappa shape index (κ1) is 20.4. The molecule has 1 saturated heterocycles. The monoisotopic (exact) mass is 385 g/mol. The molecule has 1 aromatic heterocycles. The highest BCUT2D eigenvalue weighted by atomic mass is 19.1. The van der Waals surface area contributed by atoms with E-state index in [0.717, 1.165) is 31.6 Å². The molecule has 0 atom stereocenters. The van der Waals surface area contributed by atoms with Crippen molar-refractivity contribution < 1.29 is 13.9 Å². The highest BCUT2D eigenvalue weighted by Crippen LogP contribution is 2.24. The number of benzene rings is 1. The van der Waals surface area contributed by atoms with E-state index in [1.807, 2.05) is 20.8 Å². The van der Waals surface area contributed by atoms with E-state index >= 15 is 0 Å². The Morgan fingerprint density at radius 1 is 1.18 bits per heavy atom. The van der Waals surface area contributed by atoms with Crippen LogP contribution in [0.4, 0.5) is 4.39 Å². The van der Waals surface area contributed by atoms with Crippen LogP contribution >= 0.6 is 0 Å². The number of ketones is 1. The molecule has 2 aromatic rings. The van der Waals surface area contributed by atoms with Gasteiger partial charge in [-0.1, -0.05) is 18.2 Å². The van der Waals surface area contributed by atoms with Gasteiger partial charge in [0.15, 0.2) is 0 Å². The summed E-state index contributed by atoms with van der Waals surface area (Å²) in [4.78, 5) is 23.6. The predicted molar refractivity (Wildman–Crippen MR) is 106 cm³/mol. The van der Waals surface area contributed by atoms with Crippen LogP contribution in [0.5, 0.6) is 5.88 Å². The third kappa shape index (κ3) is 5.58. The molecule has 0 unspecified atom stereocenters. The highest BCUT2D eigenvalue weighted by Gasteiger charge is 2.26. The maximum atomic E-state index is 13.8. The molecule has 0 aliphatic carbocycles. The Morgan fingerprint density at radius 2 is 1.86 bits per heavy atom. The van der Waals surface area contributed by atoms with Crippen molar-refractivity contribution in [1.82, 2.24) is 14.9 Å². The summed E-state index contributed by atoms with van der Waals surface area (Å²) in [7, 11) is 0. The minimum atomic E-state index is -0.336. The van der Waals surface area contributed by atoms with E-state index in [-0.39, 0.29) is 29.5 Å². The molecular weight excluding hydrogens is 357 g/mol. The number of piperidine rings is 1. The number of Topliss-reactive ketones (excluding diaryl/α,β-unsaturated/α-hetero) is 1. The first-order valence-corrected chi connectivity index (χ1v) is 9.79. The van der Waals surface area contributed by atoms with Crippen LogP contribution in [0.25, 0.3) is 0 Å². The van der Waals surface area contributed by atoms with Crippen LogP contribution in [0.15, 0.2) is 36.7 Å². The summed E-state index contributed by atoms with van der Waals surface area (Å²) in [6.45, 7) is 8.21. The van der Waals surface area contributed by atoms with Crippen molar-refractivity contribution in [3.8, 4) is 5.88 Å². The molecule has 150 valence electrons. The molecule has 0 saturated carbocycles. The van der Waals surface area contributed by atoms with Gasteiger partial charge < -0.3 is 4.74 Å². The number of nitrogens with zero attached hydrogens (tertiary/aromatic N) is 3. The summed E-state index contributed by atoms with van der Waals surface area (Å²) in [6.07, 6.45) is 5.05. The second-order valence-corrected chi connectivity index (χ2v) is 8.31. The van der Waals surface area contributed by atoms with Crippen LogP contribution in [-0.4, -0.2) is 39.3 Å². The molecule has 0 spiro atoms. The smallest absolute Gasteiger partial charge is 0.237 e. The van der Waals surface area contributed by atoms with E-state index in [1.165, 1.54) is 6.07 Å². The Labute approximate surface area is 166 Å². The molecule has 0 radical (unpaired) electrons. The molecular formula is C22H28FN3O2. The maximum Gasteiger partial charge on any atom is 0.237 e. The molecule has 1 aromatic carbocycles. The SMILES string of the molecule is CC(C)(C)Oc1nccnc1CN1CCC(C(=O)Cc2ccccc2F)CC1. The third-order valence-electron chi connectivity index (χ3n) is 4.88. The van der Waals surface area contributed by atoms with Crippen LogP contribution in [-0.2, 0) is 17.8 Å². The van der Waals surface area contributed by atoms with Gasteiger partial charge in [-0.2, -0.15) is 0 Å². The topological polar surface area (TPSA) is 55.3 Å². The number of halogens is 1. The van der Waals surface area contributed by atoms with Gasteiger partial charge in [-0.25, -0.2) is 9.37 Å². The van der Waals surface area contributed by atoms with Gasteiger partial charge in [0.25, 0.3) is 0 Å². The molecule has 1 aliphatic rings. The van der Waals surface area contributed by atoms with Crippen LogP contribution < -0.4 is 4.74 Å². The number of hydrogen-bond donors (Lipinski definition) is 0. The van der Waals surface area contributed by atoms with Gasteiger partial charge in [0, 0.05) is 31.3 Å². The lowest BCUT2D eigenvalue weighted by molar-refractivity contribution is -0.123. The quantitative estimate of drug-likeness (QED) is 0.757. The van der Waals surface area contributed by atoms with Gasteiger partial charge in [0.1, 0.15) is 22.9 Å². The van der Waals surface area contributed by atoms with E-state index < -0.39 is 0 Å². The molecule has 1 fully saturated rings. The number of likely N-dealkylation sites (tertiary alicyclic amines) is 1. The van der Waals surface area contributed by atoms with Crippen molar-refractivity contribution in [3.63, 3.8) is 0 Å². The highest BCUT2D eigenvalue weighted by molar-refractivity contribution is 5.83. The summed E-state index contributed by atoms with van der Waals surface area (Å²) >= 11 is 0. The Hall–Kier alpha value is -2.34. The molecule has 0 bridgehead atoms. The Kier molecular flexibility index (Phi) is 6.39. The zero-order valence-electron chi connectivity index (χ0n) is 16.8. The van der Waals surface area contributed by atoms with E-state index in [0.29, 0.717) is 18.0 Å². The normalized spacial score (nSPS) is 16.1. The summed E-state index contributed by atoms with van der Waals surface area (Å²) in [6, 6.07) is 6.51. The first-order chi connectivity index (χ1) is 13.3.